The molecule has 3 N–H and O–H groups in total. The first-order valence-corrected chi connectivity index (χ1v) is 5.80. The Morgan fingerprint density at radius 1 is 1.61 bits per heavy atom. The van der Waals surface area contributed by atoms with Crippen molar-refractivity contribution in [3.8, 4) is 6.07 Å². The number of hydrogen-bond donors (Lipinski definition) is 2. The Labute approximate surface area is 107 Å². The summed E-state index contributed by atoms with van der Waals surface area (Å²) in [5, 5.41) is 11.8. The fourth-order valence-electron chi connectivity index (χ4n) is 1.55. The van der Waals surface area contributed by atoms with Crippen molar-refractivity contribution in [2.24, 2.45) is 0 Å². The SMILES string of the molecule is CCN(C)C(=O)C(C)Nc1ccc(C#N)c(N)c1. The van der Waals surface area contributed by atoms with E-state index < -0.39 is 0 Å². The van der Waals surface area contributed by atoms with Crippen molar-refractivity contribution < 1.29 is 4.79 Å². The number of benzene rings is 1. The molecule has 0 fully saturated rings. The molecule has 0 bridgehead atoms. The summed E-state index contributed by atoms with van der Waals surface area (Å²) in [6.45, 7) is 4.38. The maximum Gasteiger partial charge on any atom is 0.244 e. The van der Waals surface area contributed by atoms with E-state index in [1.807, 2.05) is 13.0 Å². The minimum Gasteiger partial charge on any atom is -0.398 e. The molecule has 0 saturated heterocycles. The molecular weight excluding hydrogens is 228 g/mol. The van der Waals surface area contributed by atoms with E-state index in [4.69, 9.17) is 11.0 Å². The van der Waals surface area contributed by atoms with Crippen molar-refractivity contribution in [3.63, 3.8) is 0 Å². The zero-order chi connectivity index (χ0) is 13.7. The lowest BCUT2D eigenvalue weighted by atomic mass is 10.1. The van der Waals surface area contributed by atoms with E-state index in [1.165, 1.54) is 0 Å². The van der Waals surface area contributed by atoms with Crippen LogP contribution in [0.3, 0.4) is 0 Å². The molecule has 0 aliphatic carbocycles. The number of nitrogen functional groups attached to an aromatic ring is 1. The van der Waals surface area contributed by atoms with E-state index in [0.29, 0.717) is 17.8 Å². The highest BCUT2D eigenvalue weighted by Crippen LogP contribution is 2.18. The molecule has 1 rings (SSSR count). The fraction of sp³-hybridized carbons (Fsp3) is 0.385. The molecule has 0 spiro atoms. The van der Waals surface area contributed by atoms with Gasteiger partial charge >= 0.3 is 0 Å². The number of rotatable bonds is 4. The van der Waals surface area contributed by atoms with Crippen molar-refractivity contribution in [2.75, 3.05) is 24.6 Å². The third-order valence-corrected chi connectivity index (χ3v) is 2.78. The normalized spacial score (nSPS) is 11.4. The van der Waals surface area contributed by atoms with Gasteiger partial charge in [-0.1, -0.05) is 0 Å². The van der Waals surface area contributed by atoms with Gasteiger partial charge in [-0.15, -0.1) is 0 Å². The van der Waals surface area contributed by atoms with Crippen LogP contribution in [0, 0.1) is 11.3 Å². The lowest BCUT2D eigenvalue weighted by Crippen LogP contribution is -2.38. The molecule has 0 heterocycles. The van der Waals surface area contributed by atoms with Gasteiger partial charge in [0, 0.05) is 19.3 Å². The third kappa shape index (κ3) is 3.14. The first-order valence-electron chi connectivity index (χ1n) is 5.80. The molecule has 1 aromatic rings. The summed E-state index contributed by atoms with van der Waals surface area (Å²) in [6.07, 6.45) is 0. The van der Waals surface area contributed by atoms with Gasteiger partial charge in [0.2, 0.25) is 5.91 Å². The van der Waals surface area contributed by atoms with E-state index in [1.54, 1.807) is 37.1 Å². The number of anilines is 2. The highest BCUT2D eigenvalue weighted by Gasteiger charge is 2.16. The van der Waals surface area contributed by atoms with E-state index in [9.17, 15) is 4.79 Å². The summed E-state index contributed by atoms with van der Waals surface area (Å²) < 4.78 is 0. The Balaban J connectivity index is 2.77. The number of nitrogens with zero attached hydrogens (tertiary/aromatic N) is 2. The first-order chi connectivity index (χ1) is 8.49. The van der Waals surface area contributed by atoms with Crippen molar-refractivity contribution in [1.82, 2.24) is 4.90 Å². The number of carbonyl (C=O) groups is 1. The summed E-state index contributed by atoms with van der Waals surface area (Å²) in [4.78, 5) is 13.5. The van der Waals surface area contributed by atoms with Gasteiger partial charge in [-0.05, 0) is 32.0 Å². The summed E-state index contributed by atoms with van der Waals surface area (Å²) in [5.74, 6) is 0.0143. The summed E-state index contributed by atoms with van der Waals surface area (Å²) in [5.41, 5.74) is 7.29. The van der Waals surface area contributed by atoms with Crippen molar-refractivity contribution in [3.05, 3.63) is 23.8 Å². The number of likely N-dealkylation sites (N-methyl/N-ethyl adjacent to an activating group) is 1. The second-order valence-electron chi connectivity index (χ2n) is 4.13. The van der Waals surface area contributed by atoms with Crippen LogP contribution < -0.4 is 11.1 Å². The standard InChI is InChI=1S/C13H18N4O/c1-4-17(3)13(18)9(2)16-11-6-5-10(8-14)12(15)7-11/h5-7,9,16H,4,15H2,1-3H3. The highest BCUT2D eigenvalue weighted by molar-refractivity contribution is 5.84. The second kappa shape index (κ2) is 5.92. The van der Waals surface area contributed by atoms with Crippen LogP contribution in [0.4, 0.5) is 11.4 Å². The lowest BCUT2D eigenvalue weighted by molar-refractivity contribution is -0.130. The molecule has 96 valence electrons. The number of amides is 1. The zero-order valence-electron chi connectivity index (χ0n) is 10.9. The van der Waals surface area contributed by atoms with Gasteiger partial charge in [0.15, 0.2) is 0 Å². The molecule has 0 aliphatic rings. The number of nitriles is 1. The third-order valence-electron chi connectivity index (χ3n) is 2.78. The minimum absolute atomic E-state index is 0.0143. The van der Waals surface area contributed by atoms with Crippen LogP contribution in [0.15, 0.2) is 18.2 Å². The summed E-state index contributed by atoms with van der Waals surface area (Å²) in [6, 6.07) is 6.71. The Morgan fingerprint density at radius 3 is 2.78 bits per heavy atom. The van der Waals surface area contributed by atoms with E-state index in [0.717, 1.165) is 5.69 Å². The molecule has 5 heteroatoms. The van der Waals surface area contributed by atoms with Gasteiger partial charge < -0.3 is 16.0 Å². The summed E-state index contributed by atoms with van der Waals surface area (Å²) in [7, 11) is 1.76. The Kier molecular flexibility index (Phi) is 4.55. The molecule has 0 aromatic heterocycles. The van der Waals surface area contributed by atoms with Crippen LogP contribution in [0.1, 0.15) is 19.4 Å². The van der Waals surface area contributed by atoms with Crippen LogP contribution in [-0.4, -0.2) is 30.4 Å². The quantitative estimate of drug-likeness (QED) is 0.787. The molecule has 18 heavy (non-hydrogen) atoms. The number of hydrogen-bond acceptors (Lipinski definition) is 4. The first kappa shape index (κ1) is 13.8. The average Bonchev–Trinajstić information content (AvgIpc) is 2.37. The Morgan fingerprint density at radius 2 is 2.28 bits per heavy atom. The maximum absolute atomic E-state index is 11.9. The van der Waals surface area contributed by atoms with Crippen LogP contribution >= 0.6 is 0 Å². The van der Waals surface area contributed by atoms with Gasteiger partial charge in [-0.3, -0.25) is 4.79 Å². The molecule has 0 aliphatic heterocycles. The fourth-order valence-corrected chi connectivity index (χ4v) is 1.55. The van der Waals surface area contributed by atoms with Gasteiger partial charge in [0.05, 0.1) is 11.3 Å². The smallest absolute Gasteiger partial charge is 0.244 e. The monoisotopic (exact) mass is 246 g/mol. The molecule has 1 amide bonds. The zero-order valence-corrected chi connectivity index (χ0v) is 10.9. The molecule has 0 saturated carbocycles. The summed E-state index contributed by atoms with van der Waals surface area (Å²) >= 11 is 0. The van der Waals surface area contributed by atoms with Crippen LogP contribution in [0.25, 0.3) is 0 Å². The molecule has 1 aromatic carbocycles. The largest absolute Gasteiger partial charge is 0.398 e. The van der Waals surface area contributed by atoms with Crippen LogP contribution in [-0.2, 0) is 4.79 Å². The molecule has 5 nitrogen and oxygen atoms in total. The molecule has 1 atom stereocenters. The van der Waals surface area contributed by atoms with Crippen molar-refractivity contribution in [2.45, 2.75) is 19.9 Å². The number of carbonyl (C=O) groups excluding carboxylic acids is 1. The second-order valence-corrected chi connectivity index (χ2v) is 4.13. The van der Waals surface area contributed by atoms with Gasteiger partial charge in [0.1, 0.15) is 12.1 Å². The van der Waals surface area contributed by atoms with Gasteiger partial charge in [0.25, 0.3) is 0 Å². The highest BCUT2D eigenvalue weighted by atomic mass is 16.2. The topological polar surface area (TPSA) is 82.2 Å². The predicted molar refractivity (Wildman–Crippen MR) is 72.0 cm³/mol. The molecular formula is C13H18N4O. The average molecular weight is 246 g/mol. The van der Waals surface area contributed by atoms with Gasteiger partial charge in [-0.2, -0.15) is 5.26 Å². The van der Waals surface area contributed by atoms with E-state index >= 15 is 0 Å². The lowest BCUT2D eigenvalue weighted by Gasteiger charge is -2.21. The van der Waals surface area contributed by atoms with E-state index in [2.05, 4.69) is 5.32 Å². The maximum atomic E-state index is 11.9. The Bertz CT molecular complexity index is 478. The predicted octanol–water partition coefficient (Wildman–Crippen LogP) is 1.42. The van der Waals surface area contributed by atoms with E-state index in [-0.39, 0.29) is 11.9 Å². The number of nitrogens with one attached hydrogen (secondary N) is 1. The van der Waals surface area contributed by atoms with Crippen molar-refractivity contribution >= 4 is 17.3 Å². The Hall–Kier alpha value is -2.22. The molecule has 0 radical (unpaired) electrons. The minimum atomic E-state index is -0.331. The van der Waals surface area contributed by atoms with Crippen molar-refractivity contribution in [1.29, 1.82) is 5.26 Å². The molecule has 1 unspecified atom stereocenters. The van der Waals surface area contributed by atoms with Gasteiger partial charge in [-0.25, -0.2) is 0 Å². The number of nitrogens with two attached hydrogens (primary N) is 1. The van der Waals surface area contributed by atoms with Crippen LogP contribution in [0.2, 0.25) is 0 Å². The van der Waals surface area contributed by atoms with Crippen LogP contribution in [0.5, 0.6) is 0 Å².